The third-order valence-corrected chi connectivity index (χ3v) is 5.41. The number of carbonyl (C=O) groups excluding carboxylic acids is 1. The van der Waals surface area contributed by atoms with E-state index in [1.54, 1.807) is 6.20 Å². The minimum absolute atomic E-state index is 0.0311. The van der Waals surface area contributed by atoms with Gasteiger partial charge in [-0.2, -0.15) is 0 Å². The molecule has 0 bridgehead atoms. The Morgan fingerprint density at radius 1 is 1.08 bits per heavy atom. The van der Waals surface area contributed by atoms with Gasteiger partial charge in [-0.3, -0.25) is 4.79 Å². The fourth-order valence-corrected chi connectivity index (χ4v) is 3.46. The van der Waals surface area contributed by atoms with Gasteiger partial charge in [0.15, 0.2) is 0 Å². The molecule has 1 saturated carbocycles. The summed E-state index contributed by atoms with van der Waals surface area (Å²) < 4.78 is 0. The summed E-state index contributed by atoms with van der Waals surface area (Å²) in [6.07, 6.45) is 4.23. The number of nitrogens with one attached hydrogen (secondary N) is 1. The molecule has 5 nitrogen and oxygen atoms in total. The van der Waals surface area contributed by atoms with Crippen molar-refractivity contribution in [1.29, 1.82) is 0 Å². The van der Waals surface area contributed by atoms with Crippen molar-refractivity contribution >= 4 is 17.3 Å². The first-order valence-corrected chi connectivity index (χ1v) is 9.45. The number of carbonyl (C=O) groups is 1. The topological polar surface area (TPSA) is 48.5 Å². The van der Waals surface area contributed by atoms with Crippen LogP contribution in [0.3, 0.4) is 0 Å². The highest BCUT2D eigenvalue weighted by molar-refractivity contribution is 5.92. The smallest absolute Gasteiger partial charge is 0.272 e. The second-order valence-corrected chi connectivity index (χ2v) is 7.35. The zero-order valence-corrected chi connectivity index (χ0v) is 15.5. The van der Waals surface area contributed by atoms with Gasteiger partial charge in [0.25, 0.3) is 5.91 Å². The number of benzene rings is 1. The molecule has 4 rings (SSSR count). The minimum atomic E-state index is 0.0311. The lowest BCUT2D eigenvalue weighted by molar-refractivity contribution is 0.0741. The number of pyridine rings is 1. The van der Waals surface area contributed by atoms with Gasteiger partial charge >= 0.3 is 0 Å². The molecule has 26 heavy (non-hydrogen) atoms. The van der Waals surface area contributed by atoms with Crippen molar-refractivity contribution in [3.8, 4) is 0 Å². The van der Waals surface area contributed by atoms with Crippen LogP contribution in [0, 0.1) is 13.8 Å². The van der Waals surface area contributed by atoms with Crippen LogP contribution in [0.25, 0.3) is 0 Å². The molecule has 1 saturated heterocycles. The van der Waals surface area contributed by atoms with Gasteiger partial charge < -0.3 is 15.1 Å². The number of rotatable bonds is 4. The van der Waals surface area contributed by atoms with E-state index in [2.05, 4.69) is 47.2 Å². The molecule has 1 aliphatic carbocycles. The second kappa shape index (κ2) is 6.98. The number of aryl methyl sites for hydroxylation is 1. The number of hydrogen-bond donors (Lipinski definition) is 1. The molecule has 2 heterocycles. The Labute approximate surface area is 155 Å². The predicted molar refractivity (Wildman–Crippen MR) is 105 cm³/mol. The lowest BCUT2D eigenvalue weighted by Gasteiger charge is -2.37. The molecule has 0 unspecified atom stereocenters. The largest absolute Gasteiger partial charge is 0.381 e. The third-order valence-electron chi connectivity index (χ3n) is 5.41. The van der Waals surface area contributed by atoms with Gasteiger partial charge in [0.05, 0.1) is 11.9 Å². The van der Waals surface area contributed by atoms with Gasteiger partial charge in [-0.15, -0.1) is 0 Å². The number of hydrogen-bond acceptors (Lipinski definition) is 4. The fourth-order valence-electron chi connectivity index (χ4n) is 3.46. The number of anilines is 2. The minimum Gasteiger partial charge on any atom is -0.381 e. The van der Waals surface area contributed by atoms with Gasteiger partial charge in [-0.25, -0.2) is 4.98 Å². The lowest BCUT2D eigenvalue weighted by atomic mass is 10.1. The Bertz CT molecular complexity index is 790. The molecular weight excluding hydrogens is 324 g/mol. The number of amides is 1. The van der Waals surface area contributed by atoms with E-state index in [0.717, 1.165) is 31.9 Å². The van der Waals surface area contributed by atoms with Crippen LogP contribution in [-0.4, -0.2) is 48.0 Å². The lowest BCUT2D eigenvalue weighted by Crippen LogP contribution is -2.49. The summed E-state index contributed by atoms with van der Waals surface area (Å²) in [7, 11) is 0. The van der Waals surface area contributed by atoms with Crippen LogP contribution < -0.4 is 10.2 Å². The Hall–Kier alpha value is -2.56. The normalized spacial score (nSPS) is 17.3. The predicted octanol–water partition coefficient (Wildman–Crippen LogP) is 3.24. The van der Waals surface area contributed by atoms with Gasteiger partial charge in [-0.05, 0) is 56.0 Å². The van der Waals surface area contributed by atoms with Gasteiger partial charge in [0.2, 0.25) is 0 Å². The maximum absolute atomic E-state index is 12.7. The molecule has 0 atom stereocenters. The quantitative estimate of drug-likeness (QED) is 0.920. The molecule has 0 spiro atoms. The Balaban J connectivity index is 1.37. The van der Waals surface area contributed by atoms with Gasteiger partial charge in [-0.1, -0.05) is 12.1 Å². The summed E-state index contributed by atoms with van der Waals surface area (Å²) in [6, 6.07) is 10.8. The summed E-state index contributed by atoms with van der Waals surface area (Å²) >= 11 is 0. The summed E-state index contributed by atoms with van der Waals surface area (Å²) in [5, 5.41) is 3.40. The Morgan fingerprint density at radius 2 is 1.85 bits per heavy atom. The highest BCUT2D eigenvalue weighted by Crippen LogP contribution is 2.25. The van der Waals surface area contributed by atoms with Crippen molar-refractivity contribution in [1.82, 2.24) is 9.88 Å². The average Bonchev–Trinajstić information content (AvgIpc) is 3.48. The van der Waals surface area contributed by atoms with E-state index in [1.165, 1.54) is 29.7 Å². The van der Waals surface area contributed by atoms with Crippen molar-refractivity contribution in [2.45, 2.75) is 32.7 Å². The van der Waals surface area contributed by atoms with E-state index in [-0.39, 0.29) is 5.91 Å². The maximum Gasteiger partial charge on any atom is 0.272 e. The molecule has 1 aromatic carbocycles. The summed E-state index contributed by atoms with van der Waals surface area (Å²) in [5.74, 6) is 0.0311. The molecular formula is C21H26N4O. The first kappa shape index (κ1) is 16.9. The highest BCUT2D eigenvalue weighted by Gasteiger charge is 2.24. The zero-order valence-electron chi connectivity index (χ0n) is 15.5. The van der Waals surface area contributed by atoms with E-state index in [9.17, 15) is 4.79 Å². The first-order chi connectivity index (χ1) is 12.6. The van der Waals surface area contributed by atoms with Crippen LogP contribution in [0.15, 0.2) is 36.5 Å². The summed E-state index contributed by atoms with van der Waals surface area (Å²) in [4.78, 5) is 21.4. The average molecular weight is 350 g/mol. The van der Waals surface area contributed by atoms with Crippen LogP contribution >= 0.6 is 0 Å². The van der Waals surface area contributed by atoms with Crippen LogP contribution in [0.2, 0.25) is 0 Å². The molecule has 1 aromatic heterocycles. The third kappa shape index (κ3) is 3.52. The number of piperazine rings is 1. The molecule has 2 aliphatic rings. The van der Waals surface area contributed by atoms with Crippen molar-refractivity contribution < 1.29 is 4.79 Å². The molecule has 0 radical (unpaired) electrons. The van der Waals surface area contributed by atoms with Crippen LogP contribution in [0.4, 0.5) is 11.4 Å². The summed E-state index contributed by atoms with van der Waals surface area (Å²) in [5.41, 5.74) is 5.46. The SMILES string of the molecule is Cc1cccc(N2CCN(C(=O)c3ccc(NC4CC4)cn3)CC2)c1C. The van der Waals surface area contributed by atoms with Crippen molar-refractivity contribution in [2.24, 2.45) is 0 Å². The standard InChI is InChI=1S/C21H26N4O/c1-15-4-3-5-20(16(15)2)24-10-12-25(13-11-24)21(26)19-9-8-18(14-22-19)23-17-6-7-17/h3-5,8-9,14,17,23H,6-7,10-13H2,1-2H3. The second-order valence-electron chi connectivity index (χ2n) is 7.35. The Morgan fingerprint density at radius 3 is 2.50 bits per heavy atom. The van der Waals surface area contributed by atoms with Crippen molar-refractivity contribution in [3.05, 3.63) is 53.3 Å². The van der Waals surface area contributed by atoms with Crippen LogP contribution in [0.5, 0.6) is 0 Å². The number of aromatic nitrogens is 1. The monoisotopic (exact) mass is 350 g/mol. The summed E-state index contributed by atoms with van der Waals surface area (Å²) in [6.45, 7) is 7.50. The van der Waals surface area contributed by atoms with Crippen LogP contribution in [0.1, 0.15) is 34.5 Å². The Kier molecular flexibility index (Phi) is 4.53. The first-order valence-electron chi connectivity index (χ1n) is 9.45. The highest BCUT2D eigenvalue weighted by atomic mass is 16.2. The fraction of sp³-hybridized carbons (Fsp3) is 0.429. The molecule has 2 fully saturated rings. The number of nitrogens with zero attached hydrogens (tertiary/aromatic N) is 3. The van der Waals surface area contributed by atoms with Crippen LogP contribution in [-0.2, 0) is 0 Å². The van der Waals surface area contributed by atoms with Gasteiger partial charge in [0.1, 0.15) is 5.69 Å². The van der Waals surface area contributed by atoms with E-state index in [0.29, 0.717) is 11.7 Å². The molecule has 5 heteroatoms. The van der Waals surface area contributed by atoms with E-state index < -0.39 is 0 Å². The van der Waals surface area contributed by atoms with Gasteiger partial charge in [0, 0.05) is 37.9 Å². The van der Waals surface area contributed by atoms with Crippen molar-refractivity contribution in [2.75, 3.05) is 36.4 Å². The molecule has 136 valence electrons. The maximum atomic E-state index is 12.7. The van der Waals surface area contributed by atoms with Crippen molar-refractivity contribution in [3.63, 3.8) is 0 Å². The molecule has 1 aliphatic heterocycles. The molecule has 2 aromatic rings. The van der Waals surface area contributed by atoms with E-state index in [1.807, 2.05) is 17.0 Å². The van der Waals surface area contributed by atoms with E-state index in [4.69, 9.17) is 0 Å². The molecule has 1 amide bonds. The van der Waals surface area contributed by atoms with E-state index >= 15 is 0 Å². The molecule has 1 N–H and O–H groups in total. The zero-order chi connectivity index (χ0) is 18.1.